The van der Waals surface area contributed by atoms with Gasteiger partial charge in [0.05, 0.1) is 29.7 Å². The number of carbonyl (C=O) groups excluding carboxylic acids is 1. The lowest BCUT2D eigenvalue weighted by atomic mass is 10.2. The van der Waals surface area contributed by atoms with E-state index in [-0.39, 0.29) is 5.75 Å². The van der Waals surface area contributed by atoms with Crippen molar-refractivity contribution in [3.63, 3.8) is 0 Å². The van der Waals surface area contributed by atoms with E-state index in [1.165, 1.54) is 19.4 Å². The molecule has 0 radical (unpaired) electrons. The van der Waals surface area contributed by atoms with E-state index in [0.717, 1.165) is 11.3 Å². The maximum Gasteiger partial charge on any atom is 0.283 e. The van der Waals surface area contributed by atoms with Crippen LogP contribution in [0.4, 0.5) is 0 Å². The van der Waals surface area contributed by atoms with Gasteiger partial charge in [0.2, 0.25) is 0 Å². The van der Waals surface area contributed by atoms with Gasteiger partial charge in [-0.3, -0.25) is 4.79 Å². The number of aromatic hydroxyl groups is 1. The standard InChI is InChI=1S/C19H16Cl2N2O4S/c1-3-27-14-8-10(4-6-12(14)24)9-22-23-19(25)18-15(20)11-5-7-13(26-2)16(21)17(11)28-18/h4-9,24H,3H2,1-2H3,(H,23,25)/b22-9+. The average Bonchev–Trinajstić information content (AvgIpc) is 3.02. The number of methoxy groups -OCH3 is 1. The molecule has 0 aliphatic heterocycles. The third-order valence-electron chi connectivity index (χ3n) is 3.79. The van der Waals surface area contributed by atoms with Gasteiger partial charge in [0.15, 0.2) is 11.5 Å². The molecule has 0 unspecified atom stereocenters. The van der Waals surface area contributed by atoms with Crippen molar-refractivity contribution in [3.05, 3.63) is 50.8 Å². The Labute approximate surface area is 175 Å². The van der Waals surface area contributed by atoms with Gasteiger partial charge in [-0.05, 0) is 42.8 Å². The first-order valence-electron chi connectivity index (χ1n) is 8.20. The summed E-state index contributed by atoms with van der Waals surface area (Å²) in [7, 11) is 1.52. The summed E-state index contributed by atoms with van der Waals surface area (Å²) in [5, 5.41) is 15.0. The van der Waals surface area contributed by atoms with Gasteiger partial charge in [-0.25, -0.2) is 5.43 Å². The average molecular weight is 439 g/mol. The minimum atomic E-state index is -0.457. The van der Waals surface area contributed by atoms with E-state index in [9.17, 15) is 9.90 Å². The molecule has 146 valence electrons. The van der Waals surface area contributed by atoms with Crippen LogP contribution in [0.15, 0.2) is 35.4 Å². The van der Waals surface area contributed by atoms with Crippen LogP contribution in [0.5, 0.6) is 17.2 Å². The summed E-state index contributed by atoms with van der Waals surface area (Å²) < 4.78 is 11.2. The number of ether oxygens (including phenoxy) is 2. The summed E-state index contributed by atoms with van der Waals surface area (Å²) in [6.45, 7) is 2.24. The minimum absolute atomic E-state index is 0.0346. The fraction of sp³-hybridized carbons (Fsp3) is 0.158. The Kier molecular flexibility index (Phi) is 6.28. The van der Waals surface area contributed by atoms with Crippen molar-refractivity contribution in [3.8, 4) is 17.2 Å². The van der Waals surface area contributed by atoms with Crippen molar-refractivity contribution in [1.82, 2.24) is 5.43 Å². The maximum atomic E-state index is 12.5. The number of hydrogen-bond acceptors (Lipinski definition) is 6. The lowest BCUT2D eigenvalue weighted by Gasteiger charge is -2.05. The fourth-order valence-electron chi connectivity index (χ4n) is 2.48. The van der Waals surface area contributed by atoms with Crippen LogP contribution in [0.25, 0.3) is 10.1 Å². The molecule has 1 amide bonds. The highest BCUT2D eigenvalue weighted by molar-refractivity contribution is 7.22. The Morgan fingerprint density at radius 2 is 2.04 bits per heavy atom. The molecule has 0 spiro atoms. The highest BCUT2D eigenvalue weighted by Gasteiger charge is 2.20. The van der Waals surface area contributed by atoms with Crippen LogP contribution in [-0.2, 0) is 0 Å². The number of rotatable bonds is 6. The molecule has 1 heterocycles. The van der Waals surface area contributed by atoms with Crippen molar-refractivity contribution in [2.75, 3.05) is 13.7 Å². The first-order chi connectivity index (χ1) is 13.5. The van der Waals surface area contributed by atoms with Gasteiger partial charge in [0.25, 0.3) is 5.91 Å². The molecule has 9 heteroatoms. The quantitative estimate of drug-likeness (QED) is 0.415. The number of carbonyl (C=O) groups is 1. The second-order valence-electron chi connectivity index (χ2n) is 5.56. The topological polar surface area (TPSA) is 80.2 Å². The summed E-state index contributed by atoms with van der Waals surface area (Å²) in [5.74, 6) is 0.428. The van der Waals surface area contributed by atoms with Gasteiger partial charge in [-0.15, -0.1) is 11.3 Å². The van der Waals surface area contributed by atoms with Crippen LogP contribution in [0, 0.1) is 0 Å². The monoisotopic (exact) mass is 438 g/mol. The molecule has 3 aromatic rings. The van der Waals surface area contributed by atoms with E-state index < -0.39 is 5.91 Å². The summed E-state index contributed by atoms with van der Waals surface area (Å²) in [6, 6.07) is 8.21. The highest BCUT2D eigenvalue weighted by Crippen LogP contribution is 2.42. The van der Waals surface area contributed by atoms with Crippen LogP contribution in [-0.4, -0.2) is 30.9 Å². The predicted octanol–water partition coefficient (Wildman–Crippen LogP) is 5.08. The van der Waals surface area contributed by atoms with Gasteiger partial charge < -0.3 is 14.6 Å². The van der Waals surface area contributed by atoms with Crippen LogP contribution in [0.3, 0.4) is 0 Å². The van der Waals surface area contributed by atoms with E-state index >= 15 is 0 Å². The largest absolute Gasteiger partial charge is 0.504 e. The van der Waals surface area contributed by atoms with Gasteiger partial charge in [-0.2, -0.15) is 5.10 Å². The van der Waals surface area contributed by atoms with E-state index in [1.807, 2.05) is 6.92 Å². The third kappa shape index (κ3) is 4.01. The number of benzene rings is 2. The number of thiophene rings is 1. The molecule has 2 aromatic carbocycles. The minimum Gasteiger partial charge on any atom is -0.504 e. The summed E-state index contributed by atoms with van der Waals surface area (Å²) in [6.07, 6.45) is 1.44. The van der Waals surface area contributed by atoms with E-state index in [2.05, 4.69) is 10.5 Å². The molecule has 0 aliphatic carbocycles. The van der Waals surface area contributed by atoms with Crippen LogP contribution >= 0.6 is 34.5 Å². The zero-order valence-electron chi connectivity index (χ0n) is 15.0. The van der Waals surface area contributed by atoms with Gasteiger partial charge in [0, 0.05) is 5.39 Å². The Morgan fingerprint density at radius 1 is 1.25 bits per heavy atom. The normalized spacial score (nSPS) is 11.1. The molecule has 0 fully saturated rings. The van der Waals surface area contributed by atoms with Crippen molar-refractivity contribution in [2.24, 2.45) is 5.10 Å². The molecular formula is C19H16Cl2N2O4S. The number of fused-ring (bicyclic) bond motifs is 1. The SMILES string of the molecule is CCOc1cc(/C=N/NC(=O)c2sc3c(Cl)c(OC)ccc3c2Cl)ccc1O. The molecule has 1 aromatic heterocycles. The summed E-state index contributed by atoms with van der Waals surface area (Å²) >= 11 is 13.8. The molecule has 3 rings (SSSR count). The van der Waals surface area contributed by atoms with Crippen molar-refractivity contribution >= 4 is 56.7 Å². The molecule has 0 bridgehead atoms. The second kappa shape index (κ2) is 8.68. The van der Waals surface area contributed by atoms with Crippen molar-refractivity contribution in [2.45, 2.75) is 6.92 Å². The zero-order valence-corrected chi connectivity index (χ0v) is 17.3. The number of nitrogens with zero attached hydrogens (tertiary/aromatic N) is 1. The summed E-state index contributed by atoms with van der Waals surface area (Å²) in [5.41, 5.74) is 3.09. The van der Waals surface area contributed by atoms with Gasteiger partial charge >= 0.3 is 0 Å². The van der Waals surface area contributed by atoms with Gasteiger partial charge in [0.1, 0.15) is 15.6 Å². The molecule has 0 saturated carbocycles. The molecule has 0 aliphatic rings. The third-order valence-corrected chi connectivity index (χ3v) is 6.00. The Hall–Kier alpha value is -2.48. The zero-order chi connectivity index (χ0) is 20.3. The van der Waals surface area contributed by atoms with Gasteiger partial charge in [-0.1, -0.05) is 23.2 Å². The van der Waals surface area contributed by atoms with Crippen molar-refractivity contribution in [1.29, 1.82) is 0 Å². The lowest BCUT2D eigenvalue weighted by molar-refractivity contribution is 0.0959. The molecular weight excluding hydrogens is 423 g/mol. The smallest absolute Gasteiger partial charge is 0.283 e. The summed E-state index contributed by atoms with van der Waals surface area (Å²) in [4.78, 5) is 12.8. The molecule has 0 saturated heterocycles. The second-order valence-corrected chi connectivity index (χ2v) is 7.34. The maximum absolute atomic E-state index is 12.5. The number of phenolic OH excluding ortho intramolecular Hbond substituents is 1. The van der Waals surface area contributed by atoms with Crippen LogP contribution < -0.4 is 14.9 Å². The Bertz CT molecular complexity index is 1070. The molecule has 28 heavy (non-hydrogen) atoms. The highest BCUT2D eigenvalue weighted by atomic mass is 35.5. The van der Waals surface area contributed by atoms with E-state index in [1.54, 1.807) is 24.3 Å². The Morgan fingerprint density at radius 3 is 2.75 bits per heavy atom. The van der Waals surface area contributed by atoms with E-state index in [0.29, 0.717) is 48.7 Å². The molecule has 6 nitrogen and oxygen atoms in total. The number of hydrogen-bond donors (Lipinski definition) is 2. The first-order valence-corrected chi connectivity index (χ1v) is 9.77. The number of halogens is 2. The number of nitrogens with one attached hydrogen (secondary N) is 1. The molecule has 0 atom stereocenters. The first kappa shape index (κ1) is 20.3. The van der Waals surface area contributed by atoms with Crippen LogP contribution in [0.2, 0.25) is 10.0 Å². The van der Waals surface area contributed by atoms with Crippen molar-refractivity contribution < 1.29 is 19.4 Å². The lowest BCUT2D eigenvalue weighted by Crippen LogP contribution is -2.16. The van der Waals surface area contributed by atoms with E-state index in [4.69, 9.17) is 32.7 Å². The number of amides is 1. The number of hydrazone groups is 1. The fourth-order valence-corrected chi connectivity index (χ4v) is 4.27. The Balaban J connectivity index is 1.80. The number of phenols is 1. The molecule has 2 N–H and O–H groups in total. The predicted molar refractivity (Wildman–Crippen MR) is 113 cm³/mol. The van der Waals surface area contributed by atoms with Crippen LogP contribution in [0.1, 0.15) is 22.2 Å².